The summed E-state index contributed by atoms with van der Waals surface area (Å²) in [5.41, 5.74) is 1.84. The van der Waals surface area contributed by atoms with Crippen LogP contribution in [0.1, 0.15) is 31.9 Å². The number of hydrogen-bond donors (Lipinski definition) is 1. The molecule has 0 saturated carbocycles. The predicted octanol–water partition coefficient (Wildman–Crippen LogP) is 3.09. The lowest BCUT2D eigenvalue weighted by Crippen LogP contribution is -2.40. The van der Waals surface area contributed by atoms with Gasteiger partial charge in [0.05, 0.1) is 5.25 Å². The van der Waals surface area contributed by atoms with Crippen molar-refractivity contribution >= 4 is 15.7 Å². The van der Waals surface area contributed by atoms with Crippen molar-refractivity contribution in [1.82, 2.24) is 5.32 Å². The highest BCUT2D eigenvalue weighted by Gasteiger charge is 2.30. The molecular weight excluding hydrogens is 350 g/mol. The third kappa shape index (κ3) is 5.08. The number of carbonyl (C=O) groups excluding carboxylic acids is 1. The lowest BCUT2D eigenvalue weighted by molar-refractivity contribution is -0.120. The number of hydrogen-bond acceptors (Lipinski definition) is 4. The third-order valence-electron chi connectivity index (χ3n) is 4.23. The summed E-state index contributed by atoms with van der Waals surface area (Å²) >= 11 is 0. The van der Waals surface area contributed by atoms with Gasteiger partial charge in [0.25, 0.3) is 0 Å². The number of nitrogens with one attached hydrogen (secondary N) is 1. The zero-order valence-corrected chi connectivity index (χ0v) is 16.1. The number of sulfone groups is 1. The van der Waals surface area contributed by atoms with Crippen molar-refractivity contribution in [3.8, 4) is 5.75 Å². The molecule has 0 aliphatic heterocycles. The van der Waals surface area contributed by atoms with E-state index in [0.717, 1.165) is 16.9 Å². The number of amides is 1. The van der Waals surface area contributed by atoms with Gasteiger partial charge in [-0.1, -0.05) is 42.5 Å². The van der Waals surface area contributed by atoms with Gasteiger partial charge in [0.1, 0.15) is 17.6 Å². The van der Waals surface area contributed by atoms with E-state index >= 15 is 0 Å². The topological polar surface area (TPSA) is 72.5 Å². The Labute approximate surface area is 155 Å². The van der Waals surface area contributed by atoms with E-state index in [9.17, 15) is 13.2 Å². The first kappa shape index (κ1) is 20.0. The van der Waals surface area contributed by atoms with Crippen molar-refractivity contribution in [3.05, 3.63) is 65.7 Å². The van der Waals surface area contributed by atoms with E-state index in [2.05, 4.69) is 5.32 Å². The van der Waals surface area contributed by atoms with Gasteiger partial charge in [-0.3, -0.25) is 4.79 Å². The lowest BCUT2D eigenvalue weighted by Gasteiger charge is -2.17. The molecule has 0 aromatic heterocycles. The quantitative estimate of drug-likeness (QED) is 0.769. The maximum Gasteiger partial charge on any atom is 0.238 e. The molecule has 2 rings (SSSR count). The van der Waals surface area contributed by atoms with Gasteiger partial charge in [-0.2, -0.15) is 0 Å². The number of benzene rings is 2. The van der Waals surface area contributed by atoms with Gasteiger partial charge < -0.3 is 10.1 Å². The average molecular weight is 375 g/mol. The average Bonchev–Trinajstić information content (AvgIpc) is 2.65. The molecule has 5 nitrogen and oxygen atoms in total. The van der Waals surface area contributed by atoms with E-state index in [-0.39, 0.29) is 6.54 Å². The van der Waals surface area contributed by atoms with Crippen LogP contribution in [0.25, 0.3) is 0 Å². The minimum Gasteiger partial charge on any atom is -0.489 e. The lowest BCUT2D eigenvalue weighted by atomic mass is 10.1. The van der Waals surface area contributed by atoms with Crippen LogP contribution in [-0.4, -0.2) is 24.8 Å². The zero-order chi connectivity index (χ0) is 19.2. The minimum absolute atomic E-state index is 0.255. The molecule has 0 aliphatic carbocycles. The Morgan fingerprint density at radius 3 is 2.15 bits per heavy atom. The number of para-hydroxylation sites is 1. The molecule has 0 saturated heterocycles. The first-order valence-electron chi connectivity index (χ1n) is 8.57. The number of ether oxygens (including phenoxy) is 1. The van der Waals surface area contributed by atoms with Gasteiger partial charge >= 0.3 is 0 Å². The van der Waals surface area contributed by atoms with Crippen LogP contribution in [0.4, 0.5) is 0 Å². The van der Waals surface area contributed by atoms with Gasteiger partial charge in [-0.25, -0.2) is 8.42 Å². The van der Waals surface area contributed by atoms with E-state index in [1.807, 2.05) is 54.6 Å². The summed E-state index contributed by atoms with van der Waals surface area (Å²) in [7, 11) is -3.47. The van der Waals surface area contributed by atoms with E-state index in [4.69, 9.17) is 4.74 Å². The molecule has 0 fully saturated rings. The molecule has 0 bridgehead atoms. The van der Waals surface area contributed by atoms with Gasteiger partial charge in [0, 0.05) is 6.54 Å². The van der Waals surface area contributed by atoms with Gasteiger partial charge in [-0.15, -0.1) is 0 Å². The van der Waals surface area contributed by atoms with Crippen molar-refractivity contribution < 1.29 is 17.9 Å². The molecular formula is C20H25NO4S. The number of carbonyl (C=O) groups is 1. The molecule has 1 N–H and O–H groups in total. The molecule has 0 unspecified atom stereocenters. The zero-order valence-electron chi connectivity index (χ0n) is 15.3. The summed E-state index contributed by atoms with van der Waals surface area (Å²) in [5, 5.41) is 1.06. The summed E-state index contributed by atoms with van der Waals surface area (Å²) in [5.74, 6) is 0.278. The highest BCUT2D eigenvalue weighted by molar-refractivity contribution is 7.93. The summed E-state index contributed by atoms with van der Waals surface area (Å²) < 4.78 is 30.0. The van der Waals surface area contributed by atoms with E-state index in [1.54, 1.807) is 13.8 Å². The fourth-order valence-electron chi connectivity index (χ4n) is 2.43. The molecule has 140 valence electrons. The normalized spacial score (nSPS) is 12.6. The summed E-state index contributed by atoms with van der Waals surface area (Å²) in [4.78, 5) is 12.2. The third-order valence-corrected chi connectivity index (χ3v) is 6.74. The highest BCUT2D eigenvalue weighted by atomic mass is 32.2. The van der Waals surface area contributed by atoms with Crippen molar-refractivity contribution in [1.29, 1.82) is 0 Å². The SMILES string of the molecule is CC(C)S(=O)(=O)[C@@H](C)C(=O)NCc1ccccc1COc1ccccc1. The fourth-order valence-corrected chi connectivity index (χ4v) is 3.63. The van der Waals surface area contributed by atoms with Crippen molar-refractivity contribution in [2.24, 2.45) is 0 Å². The van der Waals surface area contributed by atoms with Crippen LogP contribution in [0.15, 0.2) is 54.6 Å². The first-order chi connectivity index (χ1) is 12.3. The van der Waals surface area contributed by atoms with Crippen LogP contribution in [0.3, 0.4) is 0 Å². The van der Waals surface area contributed by atoms with E-state index in [0.29, 0.717) is 6.61 Å². The summed E-state index contributed by atoms with van der Waals surface area (Å²) in [6.07, 6.45) is 0. The second-order valence-corrected chi connectivity index (χ2v) is 9.20. The number of rotatable bonds is 8. The summed E-state index contributed by atoms with van der Waals surface area (Å²) in [6.45, 7) is 5.21. The Balaban J connectivity index is 2.01. The van der Waals surface area contributed by atoms with E-state index < -0.39 is 26.2 Å². The first-order valence-corrected chi connectivity index (χ1v) is 10.2. The van der Waals surface area contributed by atoms with Gasteiger partial charge in [0.15, 0.2) is 9.84 Å². The Morgan fingerprint density at radius 1 is 0.962 bits per heavy atom. The van der Waals surface area contributed by atoms with Crippen LogP contribution in [-0.2, 0) is 27.8 Å². The molecule has 0 heterocycles. The fraction of sp³-hybridized carbons (Fsp3) is 0.350. The molecule has 2 aromatic rings. The van der Waals surface area contributed by atoms with Crippen LogP contribution < -0.4 is 10.1 Å². The molecule has 0 radical (unpaired) electrons. The van der Waals surface area contributed by atoms with Crippen LogP contribution >= 0.6 is 0 Å². The molecule has 26 heavy (non-hydrogen) atoms. The van der Waals surface area contributed by atoms with Crippen LogP contribution in [0.5, 0.6) is 5.75 Å². The largest absolute Gasteiger partial charge is 0.489 e. The molecule has 0 aliphatic rings. The van der Waals surface area contributed by atoms with Crippen LogP contribution in [0.2, 0.25) is 0 Å². The van der Waals surface area contributed by atoms with Gasteiger partial charge in [-0.05, 0) is 44.0 Å². The monoisotopic (exact) mass is 375 g/mol. The maximum atomic E-state index is 12.2. The Kier molecular flexibility index (Phi) is 6.80. The summed E-state index contributed by atoms with van der Waals surface area (Å²) in [6, 6.07) is 17.1. The Morgan fingerprint density at radius 2 is 1.54 bits per heavy atom. The second kappa shape index (κ2) is 8.85. The van der Waals surface area contributed by atoms with Crippen molar-refractivity contribution in [3.63, 3.8) is 0 Å². The highest BCUT2D eigenvalue weighted by Crippen LogP contribution is 2.15. The second-order valence-electron chi connectivity index (χ2n) is 6.37. The van der Waals surface area contributed by atoms with Gasteiger partial charge in [0.2, 0.25) is 5.91 Å². The molecule has 2 aromatic carbocycles. The molecule has 1 amide bonds. The predicted molar refractivity (Wildman–Crippen MR) is 103 cm³/mol. The van der Waals surface area contributed by atoms with Crippen molar-refractivity contribution in [2.75, 3.05) is 0 Å². The smallest absolute Gasteiger partial charge is 0.238 e. The Hall–Kier alpha value is -2.34. The molecule has 6 heteroatoms. The molecule has 0 spiro atoms. The van der Waals surface area contributed by atoms with Crippen molar-refractivity contribution in [2.45, 2.75) is 44.4 Å². The van der Waals surface area contributed by atoms with Crippen LogP contribution in [0, 0.1) is 0 Å². The Bertz CT molecular complexity index is 832. The van der Waals surface area contributed by atoms with E-state index in [1.165, 1.54) is 6.92 Å². The standard InChI is InChI=1S/C20H25NO4S/c1-15(2)26(23,24)16(3)20(22)21-13-17-9-7-8-10-18(17)14-25-19-11-5-4-6-12-19/h4-12,15-16H,13-14H2,1-3H3,(H,21,22)/t16-/m0/s1. The maximum absolute atomic E-state index is 12.2. The minimum atomic E-state index is -3.47. The molecule has 1 atom stereocenters.